The second-order valence-electron chi connectivity index (χ2n) is 2.79. The zero-order valence-electron chi connectivity index (χ0n) is 6.62. The maximum Gasteiger partial charge on any atom is 0.123 e. The van der Waals surface area contributed by atoms with E-state index >= 15 is 0 Å². The topological polar surface area (TPSA) is 20.2 Å². The van der Waals surface area contributed by atoms with Gasteiger partial charge in [0.15, 0.2) is 0 Å². The van der Waals surface area contributed by atoms with E-state index in [1.807, 2.05) is 30.3 Å². The monoisotopic (exact) mass is 157 g/mol. The molecule has 0 saturated heterocycles. The Hall–Kier alpha value is -1.50. The van der Waals surface area contributed by atoms with Gasteiger partial charge in [-0.3, -0.25) is 0 Å². The normalized spacial score (nSPS) is 10.4. The van der Waals surface area contributed by atoms with Gasteiger partial charge in [-0.05, 0) is 23.9 Å². The molecular formula is C11H9O. The van der Waals surface area contributed by atoms with E-state index in [-0.39, 0.29) is 0 Å². The quantitative estimate of drug-likeness (QED) is 0.623. The van der Waals surface area contributed by atoms with Gasteiger partial charge < -0.3 is 5.11 Å². The van der Waals surface area contributed by atoms with E-state index in [0.29, 0.717) is 5.75 Å². The first-order chi connectivity index (χ1) is 5.79. The first-order valence-corrected chi connectivity index (χ1v) is 3.82. The van der Waals surface area contributed by atoms with Crippen LogP contribution in [0.2, 0.25) is 0 Å². The van der Waals surface area contributed by atoms with Gasteiger partial charge in [-0.1, -0.05) is 30.3 Å². The van der Waals surface area contributed by atoms with Gasteiger partial charge in [0, 0.05) is 5.39 Å². The van der Waals surface area contributed by atoms with Gasteiger partial charge in [-0.2, -0.15) is 0 Å². The van der Waals surface area contributed by atoms with E-state index in [9.17, 15) is 5.11 Å². The van der Waals surface area contributed by atoms with Gasteiger partial charge in [-0.25, -0.2) is 0 Å². The minimum atomic E-state index is 0.318. The number of aromatic hydroxyl groups is 1. The zero-order valence-corrected chi connectivity index (χ0v) is 6.62. The van der Waals surface area contributed by atoms with E-state index in [4.69, 9.17) is 0 Å². The van der Waals surface area contributed by atoms with Crippen molar-refractivity contribution in [2.75, 3.05) is 0 Å². The van der Waals surface area contributed by atoms with Crippen molar-refractivity contribution < 1.29 is 5.11 Å². The average Bonchev–Trinajstić information content (AvgIpc) is 2.07. The molecule has 0 bridgehead atoms. The van der Waals surface area contributed by atoms with Crippen LogP contribution in [0.5, 0.6) is 5.75 Å². The molecule has 0 aliphatic heterocycles. The van der Waals surface area contributed by atoms with Gasteiger partial charge in [0.1, 0.15) is 5.75 Å². The van der Waals surface area contributed by atoms with Crippen molar-refractivity contribution in [3.8, 4) is 5.75 Å². The Morgan fingerprint density at radius 3 is 2.33 bits per heavy atom. The predicted molar refractivity (Wildman–Crippen MR) is 50.1 cm³/mol. The van der Waals surface area contributed by atoms with Gasteiger partial charge in [-0.15, -0.1) is 0 Å². The van der Waals surface area contributed by atoms with E-state index in [0.717, 1.165) is 16.3 Å². The molecule has 2 aromatic carbocycles. The molecule has 0 atom stereocenters. The second kappa shape index (κ2) is 2.52. The number of hydrogen-bond acceptors (Lipinski definition) is 1. The van der Waals surface area contributed by atoms with Gasteiger partial charge in [0.05, 0.1) is 0 Å². The minimum absolute atomic E-state index is 0.318. The second-order valence-corrected chi connectivity index (χ2v) is 2.79. The number of benzene rings is 2. The summed E-state index contributed by atoms with van der Waals surface area (Å²) in [4.78, 5) is 0. The molecule has 1 nitrogen and oxygen atoms in total. The zero-order chi connectivity index (χ0) is 8.55. The maximum atomic E-state index is 9.47. The third kappa shape index (κ3) is 0.944. The van der Waals surface area contributed by atoms with Crippen LogP contribution in [0.4, 0.5) is 0 Å². The molecular weight excluding hydrogens is 148 g/mol. The smallest absolute Gasteiger partial charge is 0.123 e. The summed E-state index contributed by atoms with van der Waals surface area (Å²) in [6, 6.07) is 11.2. The molecule has 0 aromatic heterocycles. The third-order valence-corrected chi connectivity index (χ3v) is 1.99. The Morgan fingerprint density at radius 2 is 1.58 bits per heavy atom. The summed E-state index contributed by atoms with van der Waals surface area (Å²) in [5.41, 5.74) is 0.948. The maximum absolute atomic E-state index is 9.47. The molecule has 1 radical (unpaired) electrons. The lowest BCUT2D eigenvalue weighted by atomic mass is 10.1. The Balaban J connectivity index is 2.94. The van der Waals surface area contributed by atoms with Crippen LogP contribution in [0, 0.1) is 6.92 Å². The highest BCUT2D eigenvalue weighted by Crippen LogP contribution is 2.25. The summed E-state index contributed by atoms with van der Waals surface area (Å²) in [6.07, 6.45) is 0. The lowest BCUT2D eigenvalue weighted by Crippen LogP contribution is -1.77. The molecule has 0 saturated carbocycles. The van der Waals surface area contributed by atoms with Crippen LogP contribution >= 0.6 is 0 Å². The van der Waals surface area contributed by atoms with E-state index in [2.05, 4.69) is 6.92 Å². The minimum Gasteiger partial charge on any atom is -0.507 e. The van der Waals surface area contributed by atoms with E-state index in [1.54, 1.807) is 6.07 Å². The Kier molecular flexibility index (Phi) is 1.51. The van der Waals surface area contributed by atoms with Crippen molar-refractivity contribution in [3.05, 3.63) is 48.9 Å². The molecule has 2 rings (SSSR count). The molecule has 1 heteroatoms. The van der Waals surface area contributed by atoms with Crippen LogP contribution in [0.25, 0.3) is 10.8 Å². The van der Waals surface area contributed by atoms with Crippen LogP contribution in [-0.4, -0.2) is 5.11 Å². The number of rotatable bonds is 0. The number of phenolic OH excluding ortho intramolecular Hbond substituents is 1. The summed E-state index contributed by atoms with van der Waals surface area (Å²) in [7, 11) is 0. The van der Waals surface area contributed by atoms with Crippen molar-refractivity contribution in [1.29, 1.82) is 0 Å². The summed E-state index contributed by atoms with van der Waals surface area (Å²) < 4.78 is 0. The molecule has 0 fully saturated rings. The lowest BCUT2D eigenvalue weighted by Gasteiger charge is -2.02. The number of hydrogen-bond donors (Lipinski definition) is 1. The van der Waals surface area contributed by atoms with E-state index in [1.165, 1.54) is 0 Å². The van der Waals surface area contributed by atoms with Crippen LogP contribution in [0.3, 0.4) is 0 Å². The van der Waals surface area contributed by atoms with Crippen molar-refractivity contribution in [1.82, 2.24) is 0 Å². The molecule has 2 aromatic rings. The fourth-order valence-corrected chi connectivity index (χ4v) is 1.36. The molecule has 0 amide bonds. The highest BCUT2D eigenvalue weighted by molar-refractivity contribution is 5.91. The molecule has 12 heavy (non-hydrogen) atoms. The molecule has 0 aliphatic carbocycles. The lowest BCUT2D eigenvalue weighted by molar-refractivity contribution is 0.481. The average molecular weight is 157 g/mol. The Bertz CT molecular complexity index is 377. The van der Waals surface area contributed by atoms with Crippen LogP contribution in [0.15, 0.2) is 36.4 Å². The molecule has 1 N–H and O–H groups in total. The van der Waals surface area contributed by atoms with Gasteiger partial charge in [0.2, 0.25) is 0 Å². The molecule has 0 heterocycles. The van der Waals surface area contributed by atoms with Crippen molar-refractivity contribution in [3.63, 3.8) is 0 Å². The fraction of sp³-hybridized carbons (Fsp3) is 0. The van der Waals surface area contributed by atoms with Gasteiger partial charge in [0.25, 0.3) is 0 Å². The highest BCUT2D eigenvalue weighted by Gasteiger charge is 1.98. The van der Waals surface area contributed by atoms with Gasteiger partial charge >= 0.3 is 0 Å². The number of fused-ring (bicyclic) bond motifs is 1. The van der Waals surface area contributed by atoms with Crippen LogP contribution < -0.4 is 0 Å². The summed E-state index contributed by atoms with van der Waals surface area (Å²) >= 11 is 0. The van der Waals surface area contributed by atoms with Crippen molar-refractivity contribution >= 4 is 10.8 Å². The van der Waals surface area contributed by atoms with Crippen LogP contribution in [-0.2, 0) is 0 Å². The summed E-state index contributed by atoms with van der Waals surface area (Å²) in [6.45, 7) is 3.88. The fourth-order valence-electron chi connectivity index (χ4n) is 1.36. The standard InChI is InChI=1S/C11H9O/c1-8-4-2-6-10-9(8)5-3-7-11(10)12/h2-7,12H,1H2. The first-order valence-electron chi connectivity index (χ1n) is 3.82. The first kappa shape index (κ1) is 7.17. The van der Waals surface area contributed by atoms with E-state index < -0.39 is 0 Å². The molecule has 0 spiro atoms. The van der Waals surface area contributed by atoms with Crippen molar-refractivity contribution in [2.45, 2.75) is 0 Å². The largest absolute Gasteiger partial charge is 0.507 e. The Labute approximate surface area is 71.3 Å². The molecule has 0 unspecified atom stereocenters. The summed E-state index contributed by atoms with van der Waals surface area (Å²) in [5, 5.41) is 11.3. The third-order valence-electron chi connectivity index (χ3n) is 1.99. The SMILES string of the molecule is [CH2]c1cccc2c(O)cccc12. The predicted octanol–water partition coefficient (Wildman–Crippen LogP) is 2.73. The Morgan fingerprint density at radius 1 is 0.917 bits per heavy atom. The molecule has 59 valence electrons. The van der Waals surface area contributed by atoms with Crippen LogP contribution in [0.1, 0.15) is 5.56 Å². The molecule has 0 aliphatic rings. The van der Waals surface area contributed by atoms with Crippen molar-refractivity contribution in [2.24, 2.45) is 0 Å². The highest BCUT2D eigenvalue weighted by atomic mass is 16.3. The number of phenols is 1. The summed E-state index contributed by atoms with van der Waals surface area (Å²) in [5.74, 6) is 0.318.